The molecule has 9 heteroatoms. The van der Waals surface area contributed by atoms with E-state index < -0.39 is 40.9 Å². The van der Waals surface area contributed by atoms with Gasteiger partial charge < -0.3 is 9.47 Å². The van der Waals surface area contributed by atoms with Gasteiger partial charge in [-0.3, -0.25) is 4.98 Å². The van der Waals surface area contributed by atoms with Crippen LogP contribution < -0.4 is 0 Å². The van der Waals surface area contributed by atoms with E-state index in [9.17, 15) is 26.3 Å². The highest BCUT2D eigenvalue weighted by Crippen LogP contribution is 2.32. The molecule has 0 aliphatic carbocycles. The van der Waals surface area contributed by atoms with Gasteiger partial charge in [0, 0.05) is 29.2 Å². The number of alkyl halides is 3. The number of halogens is 6. The molecular formula is C27H23F6NO2. The first-order valence-corrected chi connectivity index (χ1v) is 11.6. The predicted octanol–water partition coefficient (Wildman–Crippen LogP) is 7.47. The van der Waals surface area contributed by atoms with Crippen molar-refractivity contribution in [3.05, 3.63) is 65.1 Å². The molecule has 0 saturated carbocycles. The van der Waals surface area contributed by atoms with Gasteiger partial charge in [-0.25, -0.2) is 13.2 Å². The highest BCUT2D eigenvalue weighted by atomic mass is 19.4. The second-order valence-corrected chi connectivity index (χ2v) is 8.69. The van der Waals surface area contributed by atoms with Crippen molar-refractivity contribution in [1.29, 1.82) is 0 Å². The molecule has 1 aliphatic heterocycles. The minimum Gasteiger partial charge on any atom is -0.348 e. The normalized spacial score (nSPS) is 18.2. The smallest absolute Gasteiger partial charge is 0.348 e. The average molecular weight is 507 g/mol. The highest BCUT2D eigenvalue weighted by molar-refractivity contribution is 5.89. The van der Waals surface area contributed by atoms with Crippen molar-refractivity contribution in [3.63, 3.8) is 0 Å². The zero-order chi connectivity index (χ0) is 25.9. The molecule has 1 saturated heterocycles. The second-order valence-electron chi connectivity index (χ2n) is 8.69. The zero-order valence-corrected chi connectivity index (χ0v) is 19.4. The number of fused-ring (bicyclic) bond motifs is 1. The fraction of sp³-hybridized carbons (Fsp3) is 0.370. The Morgan fingerprint density at radius 1 is 1.00 bits per heavy atom. The summed E-state index contributed by atoms with van der Waals surface area (Å²) in [5.74, 6) is -1.33. The predicted molar refractivity (Wildman–Crippen MR) is 122 cm³/mol. The van der Waals surface area contributed by atoms with E-state index in [1.54, 1.807) is 12.1 Å². The summed E-state index contributed by atoms with van der Waals surface area (Å²) in [7, 11) is 0. The molecule has 4 rings (SSSR count). The molecule has 1 aromatic heterocycles. The Labute approximate surface area is 204 Å². The quantitative estimate of drug-likeness (QED) is 0.197. The van der Waals surface area contributed by atoms with Gasteiger partial charge in [0.25, 0.3) is 0 Å². The number of hydrogen-bond donors (Lipinski definition) is 0. The van der Waals surface area contributed by atoms with Crippen LogP contribution in [0.1, 0.15) is 50.0 Å². The van der Waals surface area contributed by atoms with E-state index in [2.05, 4.69) is 11.9 Å². The van der Waals surface area contributed by atoms with E-state index in [0.717, 1.165) is 37.3 Å². The number of hydrogen-bond acceptors (Lipinski definition) is 3. The van der Waals surface area contributed by atoms with Crippen molar-refractivity contribution in [1.82, 2.24) is 4.98 Å². The fourth-order valence-corrected chi connectivity index (χ4v) is 4.11. The minimum absolute atomic E-state index is 0.170. The van der Waals surface area contributed by atoms with Crippen LogP contribution in [0.4, 0.5) is 26.3 Å². The first-order chi connectivity index (χ1) is 17.2. The second kappa shape index (κ2) is 10.9. The summed E-state index contributed by atoms with van der Waals surface area (Å²) in [6.07, 6.45) is 0.511. The number of unbranched alkanes of at least 4 members (excludes halogenated alkanes) is 2. The molecule has 2 aromatic carbocycles. The van der Waals surface area contributed by atoms with E-state index in [-0.39, 0.29) is 10.9 Å². The molecule has 0 N–H and O–H groups in total. The Morgan fingerprint density at radius 2 is 1.75 bits per heavy atom. The molecule has 0 unspecified atom stereocenters. The fourth-order valence-electron chi connectivity index (χ4n) is 4.11. The summed E-state index contributed by atoms with van der Waals surface area (Å²) >= 11 is 0. The maximum atomic E-state index is 14.8. The molecular weight excluding hydrogens is 484 g/mol. The van der Waals surface area contributed by atoms with E-state index in [4.69, 9.17) is 9.47 Å². The lowest BCUT2D eigenvalue weighted by Crippen LogP contribution is -2.27. The molecule has 36 heavy (non-hydrogen) atoms. The SMILES string of the molecule is CCCCCC1COC(c2ccc(-c3cc(F)c4c(F)c(C#CC(F)(F)F)c(F)cc4c3)nc2)OC1. The molecule has 0 bridgehead atoms. The molecule has 0 spiro atoms. The lowest BCUT2D eigenvalue weighted by atomic mass is 10.00. The van der Waals surface area contributed by atoms with E-state index in [0.29, 0.717) is 30.4 Å². The molecule has 0 radical (unpaired) electrons. The van der Waals surface area contributed by atoms with Gasteiger partial charge in [0.1, 0.15) is 11.6 Å². The third-order valence-electron chi connectivity index (χ3n) is 5.95. The highest BCUT2D eigenvalue weighted by Gasteiger charge is 2.25. The van der Waals surface area contributed by atoms with Crippen molar-refractivity contribution in [2.75, 3.05) is 13.2 Å². The zero-order valence-electron chi connectivity index (χ0n) is 19.4. The Kier molecular flexibility index (Phi) is 7.86. The maximum absolute atomic E-state index is 14.8. The van der Waals surface area contributed by atoms with Gasteiger partial charge >= 0.3 is 6.18 Å². The summed E-state index contributed by atoms with van der Waals surface area (Å²) in [6.45, 7) is 3.31. The van der Waals surface area contributed by atoms with Gasteiger partial charge in [-0.05, 0) is 36.1 Å². The lowest BCUT2D eigenvalue weighted by Gasteiger charge is -2.29. The molecule has 3 nitrogen and oxygen atoms in total. The summed E-state index contributed by atoms with van der Waals surface area (Å²) < 4.78 is 92.5. The van der Waals surface area contributed by atoms with Gasteiger partial charge in [-0.1, -0.05) is 38.2 Å². The van der Waals surface area contributed by atoms with Crippen LogP contribution in [0.15, 0.2) is 36.5 Å². The monoisotopic (exact) mass is 507 g/mol. The molecule has 0 amide bonds. The van der Waals surface area contributed by atoms with Crippen molar-refractivity contribution in [2.45, 2.75) is 45.1 Å². The number of pyridine rings is 1. The van der Waals surface area contributed by atoms with Crippen molar-refractivity contribution in [3.8, 4) is 23.1 Å². The van der Waals surface area contributed by atoms with Crippen LogP contribution in [0, 0.1) is 35.2 Å². The van der Waals surface area contributed by atoms with Crippen LogP contribution in [0.3, 0.4) is 0 Å². The molecule has 2 heterocycles. The van der Waals surface area contributed by atoms with Gasteiger partial charge in [-0.15, -0.1) is 0 Å². The van der Waals surface area contributed by atoms with Crippen LogP contribution in [-0.4, -0.2) is 24.4 Å². The van der Waals surface area contributed by atoms with Crippen molar-refractivity contribution in [2.24, 2.45) is 5.92 Å². The van der Waals surface area contributed by atoms with Crippen LogP contribution in [0.25, 0.3) is 22.0 Å². The maximum Gasteiger partial charge on any atom is 0.458 e. The van der Waals surface area contributed by atoms with E-state index in [1.807, 2.05) is 0 Å². The van der Waals surface area contributed by atoms with Crippen LogP contribution in [0.5, 0.6) is 0 Å². The van der Waals surface area contributed by atoms with Crippen molar-refractivity contribution < 1.29 is 35.8 Å². The van der Waals surface area contributed by atoms with Gasteiger partial charge in [0.15, 0.2) is 12.1 Å². The largest absolute Gasteiger partial charge is 0.458 e. The van der Waals surface area contributed by atoms with Gasteiger partial charge in [-0.2, -0.15) is 13.2 Å². The Morgan fingerprint density at radius 3 is 2.39 bits per heavy atom. The summed E-state index contributed by atoms with van der Waals surface area (Å²) in [5.41, 5.74) is 0.0986. The van der Waals surface area contributed by atoms with Gasteiger partial charge in [0.2, 0.25) is 0 Å². The lowest BCUT2D eigenvalue weighted by molar-refractivity contribution is -0.206. The van der Waals surface area contributed by atoms with Crippen LogP contribution in [0.2, 0.25) is 0 Å². The van der Waals surface area contributed by atoms with E-state index in [1.165, 1.54) is 24.6 Å². The third kappa shape index (κ3) is 6.00. The summed E-state index contributed by atoms with van der Waals surface area (Å²) in [5, 5.41) is -0.822. The standard InChI is InChI=1S/C27H23F6NO2/c1-2-3-4-5-16-14-35-26(36-15-16)17-6-7-23(34-13-17)18-10-19-12-21(28)20(8-9-27(31,32)33)25(30)24(19)22(29)11-18/h6-7,10-13,16,26H,2-5,14-15H2,1H3. The third-order valence-corrected chi connectivity index (χ3v) is 5.95. The minimum atomic E-state index is -4.95. The Hall–Kier alpha value is -3.09. The number of benzene rings is 2. The molecule has 190 valence electrons. The number of aromatic nitrogens is 1. The number of nitrogens with zero attached hydrogens (tertiary/aromatic N) is 1. The molecule has 1 aliphatic rings. The number of ether oxygens (including phenoxy) is 2. The first-order valence-electron chi connectivity index (χ1n) is 11.6. The summed E-state index contributed by atoms with van der Waals surface area (Å²) in [6, 6.07) is 6.36. The van der Waals surface area contributed by atoms with Crippen LogP contribution >= 0.6 is 0 Å². The topological polar surface area (TPSA) is 31.4 Å². The van der Waals surface area contributed by atoms with E-state index >= 15 is 0 Å². The molecule has 0 atom stereocenters. The molecule has 1 fully saturated rings. The molecule has 3 aromatic rings. The van der Waals surface area contributed by atoms with Crippen LogP contribution in [-0.2, 0) is 9.47 Å². The number of rotatable bonds is 6. The Bertz CT molecular complexity index is 1290. The average Bonchev–Trinajstić information content (AvgIpc) is 2.83. The van der Waals surface area contributed by atoms with Gasteiger partial charge in [0.05, 0.1) is 29.9 Å². The summed E-state index contributed by atoms with van der Waals surface area (Å²) in [4.78, 5) is 4.31. The first kappa shape index (κ1) is 26.0. The Balaban J connectivity index is 1.54. The van der Waals surface area contributed by atoms with Crippen molar-refractivity contribution >= 4 is 10.8 Å².